The first-order chi connectivity index (χ1) is 3.42. The van der Waals surface area contributed by atoms with Crippen LogP contribution in [0.4, 0.5) is 0 Å². The van der Waals surface area contributed by atoms with Crippen molar-refractivity contribution in [2.24, 2.45) is 0 Å². The Bertz CT molecular complexity index is 96.7. The molecule has 0 fully saturated rings. The molecular weight excluding hydrogens is 130 g/mol. The highest BCUT2D eigenvalue weighted by atomic mass is 35.5. The minimum Gasteiger partial charge on any atom is -0.264 e. The SMILES string of the molecule is CC(C)(Cl)C[N+](=O)[O-]. The summed E-state index contributed by atoms with van der Waals surface area (Å²) in [6, 6.07) is 0. The number of hydrogen-bond acceptors (Lipinski definition) is 2. The first kappa shape index (κ1) is 7.69. The van der Waals surface area contributed by atoms with Crippen molar-refractivity contribution < 1.29 is 4.92 Å². The van der Waals surface area contributed by atoms with Gasteiger partial charge in [-0.25, -0.2) is 0 Å². The lowest BCUT2D eigenvalue weighted by Crippen LogP contribution is -2.22. The Morgan fingerprint density at radius 1 is 1.75 bits per heavy atom. The summed E-state index contributed by atoms with van der Waals surface area (Å²) in [6.07, 6.45) is 0. The summed E-state index contributed by atoms with van der Waals surface area (Å²) < 4.78 is 0. The molecule has 48 valence electrons. The zero-order chi connectivity index (χ0) is 6.78. The second-order valence-electron chi connectivity index (χ2n) is 2.21. The molecule has 0 rings (SSSR count). The quantitative estimate of drug-likeness (QED) is 0.327. The van der Waals surface area contributed by atoms with Crippen LogP contribution in [0.1, 0.15) is 13.8 Å². The molecule has 0 saturated carbocycles. The lowest BCUT2D eigenvalue weighted by Gasteiger charge is -2.06. The van der Waals surface area contributed by atoms with E-state index < -0.39 is 9.80 Å². The molecule has 0 heterocycles. The van der Waals surface area contributed by atoms with Gasteiger partial charge in [0.05, 0.1) is 0 Å². The Hall–Kier alpha value is -0.310. The molecule has 0 aromatic heterocycles. The van der Waals surface area contributed by atoms with E-state index in [4.69, 9.17) is 11.6 Å². The maximum Gasteiger partial charge on any atom is 0.222 e. The monoisotopic (exact) mass is 137 g/mol. The highest BCUT2D eigenvalue weighted by molar-refractivity contribution is 6.23. The molecule has 0 N–H and O–H groups in total. The van der Waals surface area contributed by atoms with Crippen molar-refractivity contribution in [3.8, 4) is 0 Å². The molecule has 0 atom stereocenters. The van der Waals surface area contributed by atoms with Crippen LogP contribution in [0.15, 0.2) is 0 Å². The molecule has 0 radical (unpaired) electrons. The Kier molecular flexibility index (Phi) is 2.22. The van der Waals surface area contributed by atoms with Crippen molar-refractivity contribution in [3.63, 3.8) is 0 Å². The third kappa shape index (κ3) is 5.69. The fourth-order valence-electron chi connectivity index (χ4n) is 0.307. The number of hydrogen-bond donors (Lipinski definition) is 0. The van der Waals surface area contributed by atoms with Gasteiger partial charge in [0.2, 0.25) is 6.54 Å². The summed E-state index contributed by atoms with van der Waals surface area (Å²) in [5, 5.41) is 9.74. The zero-order valence-electron chi connectivity index (χ0n) is 4.85. The van der Waals surface area contributed by atoms with Crippen molar-refractivity contribution >= 4 is 11.6 Å². The maximum absolute atomic E-state index is 9.74. The summed E-state index contributed by atoms with van der Waals surface area (Å²) in [6.45, 7) is 3.03. The molecule has 0 amide bonds. The molecule has 0 unspecified atom stereocenters. The zero-order valence-corrected chi connectivity index (χ0v) is 5.60. The van der Waals surface area contributed by atoms with Crippen LogP contribution >= 0.6 is 11.6 Å². The fourth-order valence-corrected chi connectivity index (χ4v) is 0.405. The van der Waals surface area contributed by atoms with Crippen molar-refractivity contribution in [1.29, 1.82) is 0 Å². The van der Waals surface area contributed by atoms with Gasteiger partial charge in [-0.2, -0.15) is 0 Å². The van der Waals surface area contributed by atoms with Crippen molar-refractivity contribution in [2.75, 3.05) is 6.54 Å². The summed E-state index contributed by atoms with van der Waals surface area (Å²) >= 11 is 5.49. The second-order valence-corrected chi connectivity index (χ2v) is 3.23. The van der Waals surface area contributed by atoms with Crippen LogP contribution in [0.25, 0.3) is 0 Å². The molecule has 8 heavy (non-hydrogen) atoms. The minimum atomic E-state index is -0.705. The van der Waals surface area contributed by atoms with E-state index in [2.05, 4.69) is 0 Å². The molecule has 0 aromatic carbocycles. The van der Waals surface area contributed by atoms with Gasteiger partial charge in [-0.3, -0.25) is 10.1 Å². The molecule has 0 aromatic rings. The molecule has 0 bridgehead atoms. The van der Waals surface area contributed by atoms with Crippen LogP contribution in [0.5, 0.6) is 0 Å². The van der Waals surface area contributed by atoms with Gasteiger partial charge in [0, 0.05) is 4.92 Å². The van der Waals surface area contributed by atoms with E-state index in [-0.39, 0.29) is 6.54 Å². The van der Waals surface area contributed by atoms with Gasteiger partial charge >= 0.3 is 0 Å². The Morgan fingerprint density at radius 3 is 2.12 bits per heavy atom. The normalized spacial score (nSPS) is 11.4. The fraction of sp³-hybridized carbons (Fsp3) is 1.00. The van der Waals surface area contributed by atoms with Crippen LogP contribution in [0.2, 0.25) is 0 Å². The van der Waals surface area contributed by atoms with E-state index in [0.717, 1.165) is 0 Å². The molecule has 0 spiro atoms. The summed E-state index contributed by atoms with van der Waals surface area (Å²) in [5.74, 6) is 0. The summed E-state index contributed by atoms with van der Waals surface area (Å²) in [7, 11) is 0. The number of halogens is 1. The Morgan fingerprint density at radius 2 is 2.12 bits per heavy atom. The molecule has 4 heteroatoms. The standard InChI is InChI=1S/C4H8ClNO2/c1-4(2,5)3-6(7)8/h3H2,1-2H3. The van der Waals surface area contributed by atoms with E-state index in [0.29, 0.717) is 0 Å². The van der Waals surface area contributed by atoms with E-state index in [1.165, 1.54) is 0 Å². The number of rotatable bonds is 2. The summed E-state index contributed by atoms with van der Waals surface area (Å²) in [5.41, 5.74) is 0. The van der Waals surface area contributed by atoms with Crippen molar-refractivity contribution in [2.45, 2.75) is 18.7 Å². The molecule has 3 nitrogen and oxygen atoms in total. The van der Waals surface area contributed by atoms with E-state index in [1.807, 2.05) is 0 Å². The highest BCUT2D eigenvalue weighted by Gasteiger charge is 2.19. The van der Waals surface area contributed by atoms with Crippen molar-refractivity contribution in [3.05, 3.63) is 10.1 Å². The maximum atomic E-state index is 9.74. The van der Waals surface area contributed by atoms with Crippen LogP contribution < -0.4 is 0 Å². The third-order valence-electron chi connectivity index (χ3n) is 0.505. The van der Waals surface area contributed by atoms with Gasteiger partial charge in [0.1, 0.15) is 4.87 Å². The van der Waals surface area contributed by atoms with Gasteiger partial charge in [-0.1, -0.05) is 0 Å². The highest BCUT2D eigenvalue weighted by Crippen LogP contribution is 2.11. The minimum absolute atomic E-state index is 0.186. The number of alkyl halides is 1. The predicted octanol–water partition coefficient (Wildman–Crippen LogP) is 1.28. The summed E-state index contributed by atoms with van der Waals surface area (Å²) in [4.78, 5) is 8.61. The van der Waals surface area contributed by atoms with E-state index in [9.17, 15) is 10.1 Å². The van der Waals surface area contributed by atoms with Crippen molar-refractivity contribution in [1.82, 2.24) is 0 Å². The van der Waals surface area contributed by atoms with Gasteiger partial charge < -0.3 is 0 Å². The van der Waals surface area contributed by atoms with Crippen LogP contribution in [-0.4, -0.2) is 16.3 Å². The van der Waals surface area contributed by atoms with Crippen LogP contribution in [-0.2, 0) is 0 Å². The van der Waals surface area contributed by atoms with E-state index in [1.54, 1.807) is 13.8 Å². The predicted molar refractivity (Wildman–Crippen MR) is 31.8 cm³/mol. The lowest BCUT2D eigenvalue weighted by atomic mass is 10.2. The first-order valence-electron chi connectivity index (χ1n) is 2.22. The smallest absolute Gasteiger partial charge is 0.222 e. The van der Waals surface area contributed by atoms with Crippen LogP contribution in [0.3, 0.4) is 0 Å². The topological polar surface area (TPSA) is 43.1 Å². The molecule has 0 aliphatic rings. The van der Waals surface area contributed by atoms with E-state index >= 15 is 0 Å². The molecule has 0 aliphatic heterocycles. The molecule has 0 aliphatic carbocycles. The first-order valence-corrected chi connectivity index (χ1v) is 2.60. The third-order valence-corrected chi connectivity index (χ3v) is 0.625. The Balaban J connectivity index is 3.55. The number of nitrogens with zero attached hydrogens (tertiary/aromatic N) is 1. The van der Waals surface area contributed by atoms with Gasteiger partial charge in [-0.05, 0) is 13.8 Å². The van der Waals surface area contributed by atoms with Gasteiger partial charge in [0.25, 0.3) is 0 Å². The number of nitro groups is 1. The van der Waals surface area contributed by atoms with Crippen LogP contribution in [0, 0.1) is 10.1 Å². The average Bonchev–Trinajstić information content (AvgIpc) is 1.21. The average molecular weight is 138 g/mol. The second kappa shape index (κ2) is 2.31. The lowest BCUT2D eigenvalue weighted by molar-refractivity contribution is -0.484. The molecule has 0 saturated heterocycles. The molecular formula is C4H8ClNO2. The van der Waals surface area contributed by atoms with Gasteiger partial charge in [-0.15, -0.1) is 11.6 Å². The largest absolute Gasteiger partial charge is 0.264 e. The Labute approximate surface area is 52.8 Å². The van der Waals surface area contributed by atoms with Gasteiger partial charge in [0.15, 0.2) is 0 Å².